The Kier molecular flexibility index (Phi) is 5.04. The molecule has 0 atom stereocenters. The van der Waals surface area contributed by atoms with Gasteiger partial charge in [-0.15, -0.1) is 0 Å². The van der Waals surface area contributed by atoms with Gasteiger partial charge in [-0.3, -0.25) is 0 Å². The van der Waals surface area contributed by atoms with E-state index in [2.05, 4.69) is 25.9 Å². The lowest BCUT2D eigenvalue weighted by molar-refractivity contribution is 0.0524. The van der Waals surface area contributed by atoms with E-state index in [0.29, 0.717) is 28.4 Å². The molecule has 1 aromatic rings. The lowest BCUT2D eigenvalue weighted by atomic mass is 10.2. The zero-order valence-electron chi connectivity index (χ0n) is 8.49. The molecule has 6 heteroatoms. The van der Waals surface area contributed by atoms with Crippen molar-refractivity contribution in [1.29, 1.82) is 0 Å². The van der Waals surface area contributed by atoms with Gasteiger partial charge < -0.3 is 4.74 Å². The number of ether oxygens (including phenoxy) is 1. The van der Waals surface area contributed by atoms with Crippen LogP contribution in [0.2, 0.25) is 0 Å². The lowest BCUT2D eigenvalue weighted by Gasteiger charge is -2.06. The van der Waals surface area contributed by atoms with Gasteiger partial charge >= 0.3 is 5.97 Å². The predicted octanol–water partition coefficient (Wildman–Crippen LogP) is 2.27. The highest BCUT2D eigenvalue weighted by atomic mass is 79.9. The van der Waals surface area contributed by atoms with E-state index < -0.39 is 0 Å². The van der Waals surface area contributed by atoms with Gasteiger partial charge in [0.1, 0.15) is 5.56 Å². The Morgan fingerprint density at radius 1 is 1.67 bits per heavy atom. The van der Waals surface area contributed by atoms with E-state index in [4.69, 9.17) is 4.74 Å². The molecule has 1 rings (SSSR count). The zero-order chi connectivity index (χ0) is 11.3. The first-order valence-electron chi connectivity index (χ1n) is 4.35. The summed E-state index contributed by atoms with van der Waals surface area (Å²) in [5.74, 6) is -0.375. The van der Waals surface area contributed by atoms with Gasteiger partial charge in [-0.2, -0.15) is 0 Å². The number of halogens is 1. The second-order valence-corrected chi connectivity index (χ2v) is 3.91. The van der Waals surface area contributed by atoms with Crippen molar-refractivity contribution in [2.24, 2.45) is 0 Å². The third kappa shape index (κ3) is 3.17. The minimum atomic E-state index is -0.375. The van der Waals surface area contributed by atoms with Gasteiger partial charge in [0, 0.05) is 11.5 Å². The molecule has 1 aromatic heterocycles. The van der Waals surface area contributed by atoms with E-state index in [0.717, 1.165) is 0 Å². The Bertz CT molecular complexity index is 360. The summed E-state index contributed by atoms with van der Waals surface area (Å²) in [5.41, 5.74) is 1.08. The van der Waals surface area contributed by atoms with Gasteiger partial charge in [0.15, 0.2) is 5.16 Å². The maximum absolute atomic E-state index is 11.5. The Labute approximate surface area is 101 Å². The normalized spacial score (nSPS) is 10.1. The molecule has 4 nitrogen and oxygen atoms in total. The van der Waals surface area contributed by atoms with Crippen molar-refractivity contribution >= 4 is 33.7 Å². The number of esters is 1. The van der Waals surface area contributed by atoms with Crippen LogP contribution < -0.4 is 0 Å². The van der Waals surface area contributed by atoms with Gasteiger partial charge in [0.2, 0.25) is 0 Å². The average Bonchev–Trinajstić information content (AvgIpc) is 2.28. The van der Waals surface area contributed by atoms with E-state index in [1.807, 2.05) is 6.26 Å². The fraction of sp³-hybridized carbons (Fsp3) is 0.444. The SMILES string of the molecule is CCOC(=O)c1cnc(SC)nc1CBr. The number of carbonyl (C=O) groups is 1. The fourth-order valence-corrected chi connectivity index (χ4v) is 1.77. The van der Waals surface area contributed by atoms with Gasteiger partial charge in [-0.1, -0.05) is 27.7 Å². The predicted molar refractivity (Wildman–Crippen MR) is 62.4 cm³/mol. The third-order valence-electron chi connectivity index (χ3n) is 1.65. The smallest absolute Gasteiger partial charge is 0.341 e. The van der Waals surface area contributed by atoms with Crippen LogP contribution in [0.5, 0.6) is 0 Å². The van der Waals surface area contributed by atoms with Gasteiger partial charge in [-0.05, 0) is 13.2 Å². The van der Waals surface area contributed by atoms with E-state index in [9.17, 15) is 4.79 Å². The van der Waals surface area contributed by atoms with Crippen LogP contribution in [0, 0.1) is 0 Å². The number of hydrogen-bond donors (Lipinski definition) is 0. The number of rotatable bonds is 4. The molecule has 0 fully saturated rings. The highest BCUT2D eigenvalue weighted by Crippen LogP contribution is 2.15. The van der Waals surface area contributed by atoms with E-state index in [1.165, 1.54) is 18.0 Å². The Hall–Kier alpha value is -0.620. The number of alkyl halides is 1. The first kappa shape index (κ1) is 12.4. The van der Waals surface area contributed by atoms with Crippen molar-refractivity contribution in [2.75, 3.05) is 12.9 Å². The number of carbonyl (C=O) groups excluding carboxylic acids is 1. The van der Waals surface area contributed by atoms with Crippen molar-refractivity contribution in [3.8, 4) is 0 Å². The maximum atomic E-state index is 11.5. The summed E-state index contributed by atoms with van der Waals surface area (Å²) in [5, 5.41) is 1.16. The molecule has 0 saturated carbocycles. The molecule has 0 amide bonds. The van der Waals surface area contributed by atoms with Crippen LogP contribution in [0.1, 0.15) is 23.0 Å². The molecule has 0 bridgehead atoms. The number of hydrogen-bond acceptors (Lipinski definition) is 5. The summed E-state index contributed by atoms with van der Waals surface area (Å²) in [7, 11) is 0. The number of nitrogens with zero attached hydrogens (tertiary/aromatic N) is 2. The van der Waals surface area contributed by atoms with Crippen molar-refractivity contribution in [1.82, 2.24) is 9.97 Å². The molecule has 82 valence electrons. The first-order valence-corrected chi connectivity index (χ1v) is 6.70. The van der Waals surface area contributed by atoms with Crippen LogP contribution in [0.4, 0.5) is 0 Å². The van der Waals surface area contributed by atoms with Gasteiger partial charge in [0.05, 0.1) is 12.3 Å². The molecule has 0 aliphatic heterocycles. The van der Waals surface area contributed by atoms with Crippen LogP contribution in [-0.2, 0) is 10.1 Å². The molecule has 15 heavy (non-hydrogen) atoms. The topological polar surface area (TPSA) is 52.1 Å². The monoisotopic (exact) mass is 290 g/mol. The van der Waals surface area contributed by atoms with Gasteiger partial charge in [-0.25, -0.2) is 14.8 Å². The molecule has 0 aliphatic rings. The maximum Gasteiger partial charge on any atom is 0.341 e. The van der Waals surface area contributed by atoms with Crippen molar-refractivity contribution in [3.63, 3.8) is 0 Å². The van der Waals surface area contributed by atoms with Crippen LogP contribution >= 0.6 is 27.7 Å². The van der Waals surface area contributed by atoms with Crippen LogP contribution in [0.3, 0.4) is 0 Å². The summed E-state index contributed by atoms with van der Waals surface area (Å²) in [6.07, 6.45) is 3.39. The van der Waals surface area contributed by atoms with Gasteiger partial charge in [0.25, 0.3) is 0 Å². The molecule has 0 aromatic carbocycles. The quantitative estimate of drug-likeness (QED) is 0.369. The Morgan fingerprint density at radius 3 is 2.93 bits per heavy atom. The molecular weight excluding hydrogens is 280 g/mol. The Morgan fingerprint density at radius 2 is 2.40 bits per heavy atom. The molecule has 1 heterocycles. The van der Waals surface area contributed by atoms with Crippen molar-refractivity contribution < 1.29 is 9.53 Å². The molecule has 0 aliphatic carbocycles. The van der Waals surface area contributed by atoms with Crippen LogP contribution in [-0.4, -0.2) is 28.8 Å². The molecule has 0 N–H and O–H groups in total. The van der Waals surface area contributed by atoms with E-state index in [-0.39, 0.29) is 5.97 Å². The average molecular weight is 291 g/mol. The summed E-state index contributed by atoms with van der Waals surface area (Å²) >= 11 is 4.72. The minimum absolute atomic E-state index is 0.352. The Balaban J connectivity index is 3.02. The summed E-state index contributed by atoms with van der Waals surface area (Å²) in [6, 6.07) is 0. The molecule has 0 saturated heterocycles. The molecular formula is C9H11BrN2O2S. The standard InChI is InChI=1S/C9H11BrN2O2S/c1-3-14-8(13)6-5-11-9(15-2)12-7(6)4-10/h5H,3-4H2,1-2H3. The second-order valence-electron chi connectivity index (χ2n) is 2.57. The van der Waals surface area contributed by atoms with E-state index >= 15 is 0 Å². The summed E-state index contributed by atoms with van der Waals surface area (Å²) < 4.78 is 4.90. The largest absolute Gasteiger partial charge is 0.462 e. The summed E-state index contributed by atoms with van der Waals surface area (Å²) in [4.78, 5) is 19.8. The third-order valence-corrected chi connectivity index (χ3v) is 2.74. The highest BCUT2D eigenvalue weighted by molar-refractivity contribution is 9.08. The van der Waals surface area contributed by atoms with Crippen molar-refractivity contribution in [2.45, 2.75) is 17.4 Å². The minimum Gasteiger partial charge on any atom is -0.462 e. The highest BCUT2D eigenvalue weighted by Gasteiger charge is 2.14. The lowest BCUT2D eigenvalue weighted by Crippen LogP contribution is -2.10. The molecule has 0 radical (unpaired) electrons. The molecule has 0 spiro atoms. The number of aromatic nitrogens is 2. The van der Waals surface area contributed by atoms with Crippen LogP contribution in [0.15, 0.2) is 11.4 Å². The summed E-state index contributed by atoms with van der Waals surface area (Å²) in [6.45, 7) is 2.12. The van der Waals surface area contributed by atoms with Crippen molar-refractivity contribution in [3.05, 3.63) is 17.5 Å². The fourth-order valence-electron chi connectivity index (χ4n) is 0.978. The van der Waals surface area contributed by atoms with E-state index in [1.54, 1.807) is 6.92 Å². The molecule has 0 unspecified atom stereocenters. The van der Waals surface area contributed by atoms with Crippen LogP contribution in [0.25, 0.3) is 0 Å². The first-order chi connectivity index (χ1) is 7.22. The number of thioether (sulfide) groups is 1. The zero-order valence-corrected chi connectivity index (χ0v) is 10.9. The second kappa shape index (κ2) is 6.07.